The molecule has 0 aromatic heterocycles. The number of carbonyl (C=O) groups is 2. The van der Waals surface area contributed by atoms with E-state index in [2.05, 4.69) is 34.1 Å². The van der Waals surface area contributed by atoms with E-state index in [0.29, 0.717) is 35.9 Å². The van der Waals surface area contributed by atoms with Crippen LogP contribution < -0.4 is 14.2 Å². The van der Waals surface area contributed by atoms with Crippen LogP contribution in [-0.4, -0.2) is 55.8 Å². The standard InChI is InChI=1S/C32H34N2O5/c1-37-28-18-25(19-29(38-2)31(28)39-3)24-16-26(35)30(27(36)17-24)32-33(20-22-10-6-4-7-11-22)14-15-34(32)21-23-12-8-5-9-13-23/h4-13,18-19,24H,14-17,20-21H2,1-3H3. The lowest BCUT2D eigenvalue weighted by atomic mass is 9.79. The Kier molecular flexibility index (Phi) is 7.87. The van der Waals surface area contributed by atoms with Crippen molar-refractivity contribution in [1.82, 2.24) is 9.80 Å². The smallest absolute Gasteiger partial charge is 0.203 e. The van der Waals surface area contributed by atoms with Crippen molar-refractivity contribution >= 4 is 11.6 Å². The Bertz CT molecular complexity index is 1270. The monoisotopic (exact) mass is 526 g/mol. The summed E-state index contributed by atoms with van der Waals surface area (Å²) in [5, 5.41) is 0. The predicted octanol–water partition coefficient (Wildman–Crippen LogP) is 4.96. The highest BCUT2D eigenvalue weighted by atomic mass is 16.5. The van der Waals surface area contributed by atoms with Crippen molar-refractivity contribution < 1.29 is 23.8 Å². The van der Waals surface area contributed by atoms with Gasteiger partial charge in [0, 0.05) is 39.0 Å². The zero-order valence-electron chi connectivity index (χ0n) is 22.7. The number of hydrogen-bond acceptors (Lipinski definition) is 7. The number of ether oxygens (including phenoxy) is 3. The molecule has 5 rings (SSSR count). The first-order valence-corrected chi connectivity index (χ1v) is 13.2. The average Bonchev–Trinajstić information content (AvgIpc) is 3.33. The summed E-state index contributed by atoms with van der Waals surface area (Å²) in [6, 6.07) is 24.0. The molecule has 1 saturated carbocycles. The maximum atomic E-state index is 13.8. The van der Waals surface area contributed by atoms with Gasteiger partial charge < -0.3 is 24.0 Å². The maximum Gasteiger partial charge on any atom is 0.203 e. The van der Waals surface area contributed by atoms with Crippen molar-refractivity contribution in [3.8, 4) is 17.2 Å². The van der Waals surface area contributed by atoms with Crippen molar-refractivity contribution in [3.63, 3.8) is 0 Å². The number of hydrogen-bond donors (Lipinski definition) is 0. The molecule has 7 heteroatoms. The molecule has 3 aromatic rings. The SMILES string of the molecule is COc1cc(C2CC(=O)C(=C3N(Cc4ccccc4)CCN3Cc3ccccc3)C(=O)C2)cc(OC)c1OC. The summed E-state index contributed by atoms with van der Waals surface area (Å²) in [6.07, 6.45) is 0.475. The minimum Gasteiger partial charge on any atom is -0.493 e. The van der Waals surface area contributed by atoms with Crippen molar-refractivity contribution in [2.75, 3.05) is 34.4 Å². The van der Waals surface area contributed by atoms with Gasteiger partial charge >= 0.3 is 0 Å². The molecule has 0 amide bonds. The molecule has 1 saturated heterocycles. The van der Waals surface area contributed by atoms with E-state index in [1.807, 2.05) is 48.5 Å². The van der Waals surface area contributed by atoms with Gasteiger partial charge in [-0.25, -0.2) is 0 Å². The van der Waals surface area contributed by atoms with Crippen LogP contribution in [0.2, 0.25) is 0 Å². The van der Waals surface area contributed by atoms with Crippen molar-refractivity contribution in [1.29, 1.82) is 0 Å². The molecule has 39 heavy (non-hydrogen) atoms. The molecule has 1 aliphatic heterocycles. The van der Waals surface area contributed by atoms with Crippen LogP contribution in [0.25, 0.3) is 0 Å². The quantitative estimate of drug-likeness (QED) is 0.304. The topological polar surface area (TPSA) is 68.3 Å². The van der Waals surface area contributed by atoms with E-state index in [-0.39, 0.29) is 30.3 Å². The van der Waals surface area contributed by atoms with Crippen LogP contribution in [-0.2, 0) is 22.7 Å². The van der Waals surface area contributed by atoms with Gasteiger partial charge in [-0.15, -0.1) is 0 Å². The van der Waals surface area contributed by atoms with Gasteiger partial charge in [0.2, 0.25) is 5.75 Å². The second-order valence-corrected chi connectivity index (χ2v) is 9.92. The minimum absolute atomic E-state index is 0.127. The van der Waals surface area contributed by atoms with E-state index >= 15 is 0 Å². The van der Waals surface area contributed by atoms with Gasteiger partial charge in [0.25, 0.3) is 0 Å². The molecule has 202 valence electrons. The lowest BCUT2D eigenvalue weighted by Crippen LogP contribution is -2.33. The van der Waals surface area contributed by atoms with Crippen molar-refractivity contribution in [3.05, 3.63) is 101 Å². The number of rotatable bonds is 8. The Morgan fingerprint density at radius 2 is 1.15 bits per heavy atom. The lowest BCUT2D eigenvalue weighted by Gasteiger charge is -2.31. The van der Waals surface area contributed by atoms with Crippen LogP contribution in [0.3, 0.4) is 0 Å². The molecule has 1 heterocycles. The Morgan fingerprint density at radius 3 is 1.56 bits per heavy atom. The predicted molar refractivity (Wildman–Crippen MR) is 149 cm³/mol. The number of nitrogens with zero attached hydrogens (tertiary/aromatic N) is 2. The van der Waals surface area contributed by atoms with Gasteiger partial charge in [-0.3, -0.25) is 9.59 Å². The molecule has 0 radical (unpaired) electrons. The van der Waals surface area contributed by atoms with E-state index in [0.717, 1.165) is 35.6 Å². The Balaban J connectivity index is 1.49. The van der Waals surface area contributed by atoms with Gasteiger partial charge in [-0.2, -0.15) is 0 Å². The van der Waals surface area contributed by atoms with Gasteiger partial charge in [0.1, 0.15) is 11.4 Å². The zero-order chi connectivity index (χ0) is 27.4. The highest BCUT2D eigenvalue weighted by molar-refractivity contribution is 6.22. The van der Waals surface area contributed by atoms with E-state index in [1.54, 1.807) is 21.3 Å². The van der Waals surface area contributed by atoms with E-state index in [1.165, 1.54) is 0 Å². The summed E-state index contributed by atoms with van der Waals surface area (Å²) >= 11 is 0. The van der Waals surface area contributed by atoms with Crippen molar-refractivity contribution in [2.24, 2.45) is 0 Å². The van der Waals surface area contributed by atoms with Crippen molar-refractivity contribution in [2.45, 2.75) is 31.8 Å². The van der Waals surface area contributed by atoms with Crippen LogP contribution in [0.15, 0.2) is 84.2 Å². The summed E-state index contributed by atoms with van der Waals surface area (Å²) in [4.78, 5) is 31.9. The third kappa shape index (κ3) is 5.48. The van der Waals surface area contributed by atoms with Crippen LogP contribution in [0.4, 0.5) is 0 Å². The fraction of sp³-hybridized carbons (Fsp3) is 0.312. The Morgan fingerprint density at radius 1 is 0.692 bits per heavy atom. The summed E-state index contributed by atoms with van der Waals surface area (Å²) < 4.78 is 16.5. The van der Waals surface area contributed by atoms with Gasteiger partial charge in [-0.1, -0.05) is 60.7 Å². The van der Waals surface area contributed by atoms with E-state index < -0.39 is 0 Å². The first-order chi connectivity index (χ1) is 19.0. The normalized spacial score (nSPS) is 17.6. The average molecular weight is 527 g/mol. The van der Waals surface area contributed by atoms with Crippen LogP contribution in [0, 0.1) is 0 Å². The Hall–Kier alpha value is -4.26. The first kappa shape index (κ1) is 26.4. The molecule has 3 aromatic carbocycles. The molecule has 0 unspecified atom stereocenters. The van der Waals surface area contributed by atoms with Gasteiger partial charge in [0.15, 0.2) is 23.1 Å². The van der Waals surface area contributed by atoms with Gasteiger partial charge in [-0.05, 0) is 34.7 Å². The number of carbonyl (C=O) groups excluding carboxylic acids is 2. The summed E-state index contributed by atoms with van der Waals surface area (Å²) in [5.41, 5.74) is 3.43. The third-order valence-electron chi connectivity index (χ3n) is 7.47. The summed E-state index contributed by atoms with van der Waals surface area (Å²) in [7, 11) is 4.67. The zero-order valence-corrected chi connectivity index (χ0v) is 22.7. The number of benzene rings is 3. The highest BCUT2D eigenvalue weighted by Crippen LogP contribution is 2.43. The number of allylic oxidation sites excluding steroid dienone is 1. The maximum absolute atomic E-state index is 13.8. The molecule has 0 atom stereocenters. The summed E-state index contributed by atoms with van der Waals surface area (Å²) in [6.45, 7) is 2.78. The lowest BCUT2D eigenvalue weighted by molar-refractivity contribution is -0.124. The van der Waals surface area contributed by atoms with Crippen LogP contribution >= 0.6 is 0 Å². The molecular weight excluding hydrogens is 492 g/mol. The molecule has 2 aliphatic rings. The fourth-order valence-electron chi connectivity index (χ4n) is 5.59. The van der Waals surface area contributed by atoms with Crippen LogP contribution in [0.1, 0.15) is 35.4 Å². The molecule has 0 N–H and O–H groups in total. The largest absolute Gasteiger partial charge is 0.493 e. The number of methoxy groups -OCH3 is 3. The van der Waals surface area contributed by atoms with E-state index in [9.17, 15) is 9.59 Å². The van der Waals surface area contributed by atoms with E-state index in [4.69, 9.17) is 14.2 Å². The molecule has 2 fully saturated rings. The van der Waals surface area contributed by atoms with Gasteiger partial charge in [0.05, 0.1) is 21.3 Å². The third-order valence-corrected chi connectivity index (χ3v) is 7.47. The fourth-order valence-corrected chi connectivity index (χ4v) is 5.59. The Labute approximate surface area is 229 Å². The number of ketones is 2. The summed E-state index contributed by atoms with van der Waals surface area (Å²) in [5.74, 6) is 1.73. The highest BCUT2D eigenvalue weighted by Gasteiger charge is 2.39. The molecule has 0 bridgehead atoms. The second-order valence-electron chi connectivity index (χ2n) is 9.92. The second kappa shape index (κ2) is 11.6. The minimum atomic E-state index is -0.269. The number of Topliss-reactive ketones (excluding diaryl/α,β-unsaturated/α-hetero) is 2. The molecule has 1 aliphatic carbocycles. The molecular formula is C32H34N2O5. The van der Waals surface area contributed by atoms with Crippen LogP contribution in [0.5, 0.6) is 17.2 Å². The molecule has 7 nitrogen and oxygen atoms in total. The first-order valence-electron chi connectivity index (χ1n) is 13.2. The molecule has 0 spiro atoms.